The predicted molar refractivity (Wildman–Crippen MR) is 63.0 cm³/mol. The molecule has 0 aliphatic heterocycles. The van der Waals surface area contributed by atoms with Crippen molar-refractivity contribution in [2.75, 3.05) is 13.7 Å². The van der Waals surface area contributed by atoms with E-state index in [4.69, 9.17) is 16.2 Å². The lowest BCUT2D eigenvalue weighted by molar-refractivity contribution is -0.134. The van der Waals surface area contributed by atoms with E-state index in [0.29, 0.717) is 12.8 Å². The van der Waals surface area contributed by atoms with E-state index in [1.54, 1.807) is 0 Å². The average molecular weight is 243 g/mol. The summed E-state index contributed by atoms with van der Waals surface area (Å²) >= 11 is 0. The number of hydrogen-bond donors (Lipinski definition) is 3. The Labute approximate surface area is 101 Å². The first-order valence-electron chi connectivity index (χ1n) is 5.88. The molecule has 1 unspecified atom stereocenters. The van der Waals surface area contributed by atoms with E-state index >= 15 is 0 Å². The minimum absolute atomic E-state index is 0.126. The Morgan fingerprint density at radius 3 is 2.41 bits per heavy atom. The van der Waals surface area contributed by atoms with Crippen molar-refractivity contribution < 1.29 is 14.3 Å². The van der Waals surface area contributed by atoms with Crippen LogP contribution in [0.25, 0.3) is 0 Å². The molecule has 6 heteroatoms. The lowest BCUT2D eigenvalue weighted by Crippen LogP contribution is -2.61. The zero-order valence-electron chi connectivity index (χ0n) is 10.2. The van der Waals surface area contributed by atoms with E-state index in [-0.39, 0.29) is 12.5 Å². The molecule has 1 atom stereocenters. The standard InChI is InChI=1S/C11H21N3O3/c1-17-7-8(12)9(15)14-11(10(13)16)5-3-2-4-6-11/h8H,2-7,12H2,1H3,(H2,13,16)(H,14,15). The lowest BCUT2D eigenvalue weighted by Gasteiger charge is -2.35. The maximum atomic E-state index is 11.8. The topological polar surface area (TPSA) is 107 Å². The second-order valence-electron chi connectivity index (χ2n) is 4.56. The first-order chi connectivity index (χ1) is 8.02. The fraction of sp³-hybridized carbons (Fsp3) is 0.818. The quantitative estimate of drug-likeness (QED) is 0.591. The third kappa shape index (κ3) is 3.41. The summed E-state index contributed by atoms with van der Waals surface area (Å²) in [6.07, 6.45) is 4.03. The molecule has 0 aromatic rings. The first kappa shape index (κ1) is 13.9. The summed E-state index contributed by atoms with van der Waals surface area (Å²) in [5, 5.41) is 2.70. The van der Waals surface area contributed by atoms with E-state index in [2.05, 4.69) is 5.32 Å². The van der Waals surface area contributed by atoms with Gasteiger partial charge in [-0.25, -0.2) is 0 Å². The number of methoxy groups -OCH3 is 1. The van der Waals surface area contributed by atoms with Crippen molar-refractivity contribution in [3.8, 4) is 0 Å². The summed E-state index contributed by atoms with van der Waals surface area (Å²) in [7, 11) is 1.47. The summed E-state index contributed by atoms with van der Waals surface area (Å²) in [6, 6.07) is -0.766. The van der Waals surface area contributed by atoms with Crippen LogP contribution in [0.1, 0.15) is 32.1 Å². The maximum Gasteiger partial charge on any atom is 0.243 e. The molecule has 0 spiro atoms. The summed E-state index contributed by atoms with van der Waals surface area (Å²) < 4.78 is 4.81. The molecule has 1 saturated carbocycles. The van der Waals surface area contributed by atoms with Crippen molar-refractivity contribution in [3.05, 3.63) is 0 Å². The Kier molecular flexibility index (Phi) is 4.89. The van der Waals surface area contributed by atoms with E-state index in [9.17, 15) is 9.59 Å². The van der Waals surface area contributed by atoms with Crippen LogP contribution in [0.5, 0.6) is 0 Å². The molecular formula is C11H21N3O3. The van der Waals surface area contributed by atoms with Crippen LogP contribution in [0.2, 0.25) is 0 Å². The van der Waals surface area contributed by atoms with Crippen LogP contribution in [0.4, 0.5) is 0 Å². The number of nitrogens with two attached hydrogens (primary N) is 2. The van der Waals surface area contributed by atoms with E-state index in [1.165, 1.54) is 7.11 Å². The van der Waals surface area contributed by atoms with Gasteiger partial charge in [0.05, 0.1) is 6.61 Å². The number of hydrogen-bond acceptors (Lipinski definition) is 4. The molecule has 1 fully saturated rings. The predicted octanol–water partition coefficient (Wildman–Crippen LogP) is -0.735. The number of primary amides is 1. The fourth-order valence-electron chi connectivity index (χ4n) is 2.17. The monoisotopic (exact) mass is 243 g/mol. The molecule has 17 heavy (non-hydrogen) atoms. The van der Waals surface area contributed by atoms with Gasteiger partial charge in [-0.2, -0.15) is 0 Å². The van der Waals surface area contributed by atoms with Crippen molar-refractivity contribution in [1.82, 2.24) is 5.32 Å². The van der Waals surface area contributed by atoms with E-state index < -0.39 is 17.5 Å². The minimum atomic E-state index is -0.916. The largest absolute Gasteiger partial charge is 0.383 e. The Morgan fingerprint density at radius 2 is 1.94 bits per heavy atom. The molecule has 0 aromatic carbocycles. The van der Waals surface area contributed by atoms with Gasteiger partial charge in [-0.15, -0.1) is 0 Å². The van der Waals surface area contributed by atoms with Crippen LogP contribution in [-0.2, 0) is 14.3 Å². The molecule has 0 aromatic heterocycles. The second-order valence-corrected chi connectivity index (χ2v) is 4.56. The van der Waals surface area contributed by atoms with Crippen LogP contribution < -0.4 is 16.8 Å². The SMILES string of the molecule is COCC(N)C(=O)NC1(C(N)=O)CCCCC1. The van der Waals surface area contributed by atoms with Gasteiger partial charge in [0.25, 0.3) is 0 Å². The van der Waals surface area contributed by atoms with Crippen molar-refractivity contribution in [2.45, 2.75) is 43.7 Å². The van der Waals surface area contributed by atoms with Gasteiger partial charge in [-0.3, -0.25) is 9.59 Å². The fourth-order valence-corrected chi connectivity index (χ4v) is 2.17. The Balaban J connectivity index is 2.66. The number of ether oxygens (including phenoxy) is 1. The summed E-state index contributed by atoms with van der Waals surface area (Å²) in [4.78, 5) is 23.3. The highest BCUT2D eigenvalue weighted by molar-refractivity contribution is 5.92. The number of rotatable bonds is 5. The van der Waals surface area contributed by atoms with Gasteiger partial charge in [0.15, 0.2) is 0 Å². The van der Waals surface area contributed by atoms with E-state index in [0.717, 1.165) is 19.3 Å². The van der Waals surface area contributed by atoms with Gasteiger partial charge in [0, 0.05) is 7.11 Å². The van der Waals surface area contributed by atoms with Crippen LogP contribution in [-0.4, -0.2) is 37.1 Å². The summed E-state index contributed by atoms with van der Waals surface area (Å²) in [5.74, 6) is -0.859. The highest BCUT2D eigenvalue weighted by Gasteiger charge is 2.39. The second kappa shape index (κ2) is 5.97. The van der Waals surface area contributed by atoms with Gasteiger partial charge < -0.3 is 21.5 Å². The normalized spacial score (nSPS) is 20.6. The Morgan fingerprint density at radius 1 is 1.35 bits per heavy atom. The molecule has 98 valence electrons. The molecule has 1 aliphatic rings. The first-order valence-corrected chi connectivity index (χ1v) is 5.88. The van der Waals surface area contributed by atoms with Gasteiger partial charge in [0.1, 0.15) is 11.6 Å². The third-order valence-corrected chi connectivity index (χ3v) is 3.22. The zero-order valence-corrected chi connectivity index (χ0v) is 10.2. The summed E-state index contributed by atoms with van der Waals surface area (Å²) in [5.41, 5.74) is 10.1. The number of carbonyl (C=O) groups is 2. The maximum absolute atomic E-state index is 11.8. The van der Waals surface area contributed by atoms with Gasteiger partial charge in [-0.1, -0.05) is 19.3 Å². The molecule has 1 rings (SSSR count). The van der Waals surface area contributed by atoms with Gasteiger partial charge in [-0.05, 0) is 12.8 Å². The number of carbonyl (C=O) groups excluding carboxylic acids is 2. The molecule has 5 N–H and O–H groups in total. The molecular weight excluding hydrogens is 222 g/mol. The smallest absolute Gasteiger partial charge is 0.243 e. The zero-order chi connectivity index (χ0) is 12.9. The molecule has 1 aliphatic carbocycles. The van der Waals surface area contributed by atoms with Gasteiger partial charge >= 0.3 is 0 Å². The van der Waals surface area contributed by atoms with Crippen molar-refractivity contribution in [2.24, 2.45) is 11.5 Å². The molecule has 0 heterocycles. The van der Waals surface area contributed by atoms with Gasteiger partial charge in [0.2, 0.25) is 11.8 Å². The Bertz CT molecular complexity index is 288. The molecule has 0 saturated heterocycles. The molecule has 6 nitrogen and oxygen atoms in total. The van der Waals surface area contributed by atoms with E-state index in [1.807, 2.05) is 0 Å². The molecule has 2 amide bonds. The van der Waals surface area contributed by atoms with Crippen molar-refractivity contribution in [1.29, 1.82) is 0 Å². The highest BCUT2D eigenvalue weighted by atomic mass is 16.5. The average Bonchev–Trinajstić information content (AvgIpc) is 2.30. The summed E-state index contributed by atoms with van der Waals surface area (Å²) in [6.45, 7) is 0.126. The number of amides is 2. The third-order valence-electron chi connectivity index (χ3n) is 3.22. The van der Waals surface area contributed by atoms with Crippen LogP contribution >= 0.6 is 0 Å². The lowest BCUT2D eigenvalue weighted by atomic mass is 9.81. The highest BCUT2D eigenvalue weighted by Crippen LogP contribution is 2.27. The number of nitrogens with one attached hydrogen (secondary N) is 1. The van der Waals surface area contributed by atoms with Crippen LogP contribution in [0, 0.1) is 0 Å². The van der Waals surface area contributed by atoms with Crippen molar-refractivity contribution in [3.63, 3.8) is 0 Å². The molecule has 0 bridgehead atoms. The molecule has 0 radical (unpaired) electrons. The Hall–Kier alpha value is -1.14. The minimum Gasteiger partial charge on any atom is -0.383 e. The van der Waals surface area contributed by atoms with Crippen molar-refractivity contribution >= 4 is 11.8 Å². The van der Waals surface area contributed by atoms with Crippen LogP contribution in [0.15, 0.2) is 0 Å². The van der Waals surface area contributed by atoms with Crippen LogP contribution in [0.3, 0.4) is 0 Å².